The van der Waals surface area contributed by atoms with Gasteiger partial charge < -0.3 is 20.2 Å². The third-order valence-electron chi connectivity index (χ3n) is 5.60. The number of nitrogens with zero attached hydrogens (tertiary/aromatic N) is 1. The molecule has 0 fully saturated rings. The number of anilines is 1. The van der Waals surface area contributed by atoms with Crippen LogP contribution in [0, 0.1) is 11.6 Å². The Morgan fingerprint density at radius 2 is 1.78 bits per heavy atom. The van der Waals surface area contributed by atoms with E-state index in [-0.39, 0.29) is 36.0 Å². The smallest absolute Gasteiger partial charge is 0.309 e. The van der Waals surface area contributed by atoms with Crippen molar-refractivity contribution < 1.29 is 31.5 Å². The van der Waals surface area contributed by atoms with Crippen molar-refractivity contribution in [2.45, 2.75) is 45.4 Å². The zero-order valence-electron chi connectivity index (χ0n) is 20.5. The molecule has 37 heavy (non-hydrogen) atoms. The van der Waals surface area contributed by atoms with Crippen molar-refractivity contribution in [3.63, 3.8) is 0 Å². The number of benzene rings is 2. The van der Waals surface area contributed by atoms with Crippen molar-refractivity contribution in [3.05, 3.63) is 82.7 Å². The molecule has 0 unspecified atom stereocenters. The van der Waals surface area contributed by atoms with Gasteiger partial charge in [0.1, 0.15) is 17.9 Å². The molecular formula is C25H30F2N4O5S. The highest BCUT2D eigenvalue weighted by molar-refractivity contribution is 7.92. The summed E-state index contributed by atoms with van der Waals surface area (Å²) < 4.78 is 58.0. The molecule has 0 spiro atoms. The second-order valence-electron chi connectivity index (χ2n) is 8.48. The van der Waals surface area contributed by atoms with Crippen molar-refractivity contribution in [2.75, 3.05) is 17.0 Å². The van der Waals surface area contributed by atoms with E-state index < -0.39 is 39.7 Å². The summed E-state index contributed by atoms with van der Waals surface area (Å²) in [4.78, 5) is 16.6. The quantitative estimate of drug-likeness (QED) is 0.264. The monoisotopic (exact) mass is 536 g/mol. The van der Waals surface area contributed by atoms with Crippen LogP contribution in [0.1, 0.15) is 41.0 Å². The van der Waals surface area contributed by atoms with E-state index in [9.17, 15) is 27.1 Å². The fourth-order valence-corrected chi connectivity index (χ4v) is 4.11. The molecule has 0 bridgehead atoms. The molecule has 1 aromatic heterocycles. The van der Waals surface area contributed by atoms with Gasteiger partial charge in [0.15, 0.2) is 5.69 Å². The Labute approximate surface area is 214 Å². The zero-order valence-corrected chi connectivity index (χ0v) is 21.3. The Balaban J connectivity index is 1.71. The number of aromatic nitrogens is 1. The molecule has 0 saturated heterocycles. The molecule has 1 amide bonds. The van der Waals surface area contributed by atoms with E-state index in [1.54, 1.807) is 0 Å². The fourth-order valence-electron chi connectivity index (χ4n) is 3.60. The van der Waals surface area contributed by atoms with Crippen molar-refractivity contribution >= 4 is 21.9 Å². The molecule has 0 aliphatic rings. The highest BCUT2D eigenvalue weighted by atomic mass is 32.2. The minimum absolute atomic E-state index is 0.0689. The lowest BCUT2D eigenvalue weighted by atomic mass is 10.00. The summed E-state index contributed by atoms with van der Waals surface area (Å²) in [6.07, 6.45) is 0.627. The predicted octanol–water partition coefficient (Wildman–Crippen LogP) is 2.77. The van der Waals surface area contributed by atoms with Crippen LogP contribution in [0.4, 0.5) is 14.8 Å². The van der Waals surface area contributed by atoms with E-state index >= 15 is 0 Å². The number of halogens is 2. The van der Waals surface area contributed by atoms with Crippen molar-refractivity contribution in [3.8, 4) is 0 Å². The van der Waals surface area contributed by atoms with Gasteiger partial charge in [0.05, 0.1) is 17.9 Å². The number of aliphatic hydroxyl groups is 1. The number of aryl methyl sites for hydroxylation is 1. The van der Waals surface area contributed by atoms with Gasteiger partial charge in [-0.2, -0.15) is 4.98 Å². The van der Waals surface area contributed by atoms with Crippen LogP contribution < -0.4 is 15.4 Å². The number of amides is 1. The average Bonchev–Trinajstić information content (AvgIpc) is 3.31. The fraction of sp³-hybridized carbons (Fsp3) is 0.360. The number of nitrogens with one attached hydrogen (secondary N) is 3. The Bertz CT molecular complexity index is 1300. The maximum atomic E-state index is 13.7. The number of carbonyl (C=O) groups is 1. The van der Waals surface area contributed by atoms with Crippen LogP contribution in [-0.2, 0) is 29.4 Å². The Morgan fingerprint density at radius 3 is 2.46 bits per heavy atom. The number of carbonyl (C=O) groups excluding carboxylic acids is 1. The number of rotatable bonds is 13. The van der Waals surface area contributed by atoms with Gasteiger partial charge in [0.25, 0.3) is 5.91 Å². The second-order valence-corrected chi connectivity index (χ2v) is 10.5. The van der Waals surface area contributed by atoms with Gasteiger partial charge in [-0.3, -0.25) is 4.79 Å². The molecule has 4 N–H and O–H groups in total. The summed E-state index contributed by atoms with van der Waals surface area (Å²) in [6.45, 7) is 4.01. The first-order valence-corrected chi connectivity index (χ1v) is 13.4. The van der Waals surface area contributed by atoms with Crippen LogP contribution in [-0.4, -0.2) is 48.9 Å². The van der Waals surface area contributed by atoms with Crippen LogP contribution in [0.2, 0.25) is 0 Å². The summed E-state index contributed by atoms with van der Waals surface area (Å²) in [5.41, 5.74) is 2.19. The Kier molecular flexibility index (Phi) is 9.73. The lowest BCUT2D eigenvalue weighted by Crippen LogP contribution is -2.48. The molecular weight excluding hydrogens is 506 g/mol. The highest BCUT2D eigenvalue weighted by Crippen LogP contribution is 2.14. The molecule has 0 aliphatic heterocycles. The molecule has 1 heterocycles. The molecule has 2 atom stereocenters. The van der Waals surface area contributed by atoms with Gasteiger partial charge in [-0.25, -0.2) is 21.9 Å². The van der Waals surface area contributed by atoms with E-state index in [4.69, 9.17) is 4.42 Å². The Morgan fingerprint density at radius 1 is 1.08 bits per heavy atom. The molecule has 3 aromatic rings. The van der Waals surface area contributed by atoms with Gasteiger partial charge in [0, 0.05) is 19.2 Å². The topological polar surface area (TPSA) is 134 Å². The highest BCUT2D eigenvalue weighted by Gasteiger charge is 2.25. The van der Waals surface area contributed by atoms with E-state index in [0.29, 0.717) is 6.54 Å². The van der Waals surface area contributed by atoms with E-state index in [0.717, 1.165) is 36.4 Å². The first kappa shape index (κ1) is 28.2. The standard InChI is InChI=1S/C25H30F2N4O5S/c1-3-16-6-5-7-17(8-16)13-28-14-23(32)21(11-18-9-19(26)12-20(27)10-18)29-24(33)22-15-36-25(30-22)31-37(34,35)4-2/h5-10,12,15,21,23,28,32H,3-4,11,13-14H2,1-2H3,(H,29,33)(H,30,31)/t21-,23-/m0/s1. The molecule has 0 saturated carbocycles. The number of sulfonamides is 1. The van der Waals surface area contributed by atoms with E-state index in [2.05, 4.69) is 27.3 Å². The largest absolute Gasteiger partial charge is 0.431 e. The SMILES string of the molecule is CCc1cccc(CNC[C@H](O)[C@H](Cc2cc(F)cc(F)c2)NC(=O)c2coc(NS(=O)(=O)CC)n2)c1. The van der Waals surface area contributed by atoms with Crippen molar-refractivity contribution in [1.29, 1.82) is 0 Å². The molecule has 0 radical (unpaired) electrons. The van der Waals surface area contributed by atoms with Crippen LogP contribution in [0.25, 0.3) is 0 Å². The lowest BCUT2D eigenvalue weighted by Gasteiger charge is -2.24. The third-order valence-corrected chi connectivity index (χ3v) is 6.85. The summed E-state index contributed by atoms with van der Waals surface area (Å²) in [7, 11) is -3.67. The third kappa shape index (κ3) is 8.62. The van der Waals surface area contributed by atoms with Gasteiger partial charge in [-0.1, -0.05) is 31.2 Å². The molecule has 3 rings (SSSR count). The summed E-state index contributed by atoms with van der Waals surface area (Å²) >= 11 is 0. The minimum atomic E-state index is -3.67. The maximum absolute atomic E-state index is 13.7. The predicted molar refractivity (Wildman–Crippen MR) is 134 cm³/mol. The molecule has 200 valence electrons. The van der Waals surface area contributed by atoms with Crippen LogP contribution in [0.15, 0.2) is 53.1 Å². The zero-order chi connectivity index (χ0) is 27.0. The summed E-state index contributed by atoms with van der Waals surface area (Å²) in [6, 6.07) is 9.58. The molecule has 0 aliphatic carbocycles. The molecule has 12 heteroatoms. The first-order valence-electron chi connectivity index (χ1n) is 11.8. The van der Waals surface area contributed by atoms with Gasteiger partial charge in [-0.05, 0) is 48.6 Å². The lowest BCUT2D eigenvalue weighted by molar-refractivity contribution is 0.0825. The van der Waals surface area contributed by atoms with Gasteiger partial charge >= 0.3 is 6.01 Å². The summed E-state index contributed by atoms with van der Waals surface area (Å²) in [5.74, 6) is -2.55. The van der Waals surface area contributed by atoms with Crippen molar-refractivity contribution in [2.24, 2.45) is 0 Å². The van der Waals surface area contributed by atoms with Gasteiger partial charge in [0.2, 0.25) is 10.0 Å². The number of hydrogen-bond donors (Lipinski definition) is 4. The van der Waals surface area contributed by atoms with Gasteiger partial charge in [-0.15, -0.1) is 0 Å². The average molecular weight is 537 g/mol. The normalized spacial score (nSPS) is 13.2. The molecule has 2 aromatic carbocycles. The second kappa shape index (κ2) is 12.7. The summed E-state index contributed by atoms with van der Waals surface area (Å²) in [5, 5.41) is 16.6. The maximum Gasteiger partial charge on any atom is 0.309 e. The van der Waals surface area contributed by atoms with Crippen LogP contribution in [0.5, 0.6) is 0 Å². The number of hydrogen-bond acceptors (Lipinski definition) is 7. The van der Waals surface area contributed by atoms with E-state index in [1.165, 1.54) is 12.5 Å². The number of aliphatic hydroxyl groups excluding tert-OH is 1. The molecule has 9 nitrogen and oxygen atoms in total. The minimum Gasteiger partial charge on any atom is -0.431 e. The number of oxazole rings is 1. The van der Waals surface area contributed by atoms with Crippen molar-refractivity contribution in [1.82, 2.24) is 15.6 Å². The Hall–Kier alpha value is -3.35. The van der Waals surface area contributed by atoms with Crippen LogP contribution >= 0.6 is 0 Å². The van der Waals surface area contributed by atoms with Crippen LogP contribution in [0.3, 0.4) is 0 Å². The van der Waals surface area contributed by atoms with E-state index in [1.807, 2.05) is 24.3 Å². The first-order chi connectivity index (χ1) is 17.6.